The summed E-state index contributed by atoms with van der Waals surface area (Å²) in [4.78, 5) is 27.9. The predicted octanol–water partition coefficient (Wildman–Crippen LogP) is 5.01. The van der Waals surface area contributed by atoms with Crippen molar-refractivity contribution >= 4 is 45.5 Å². The maximum absolute atomic E-state index is 12.6. The summed E-state index contributed by atoms with van der Waals surface area (Å²) in [5, 5.41) is 13.3. The highest BCUT2D eigenvalue weighted by molar-refractivity contribution is 7.71. The van der Waals surface area contributed by atoms with Gasteiger partial charge in [0.05, 0.1) is 10.9 Å². The SMILES string of the molecule is CCC(CC)c1nnc(NC(=O)CCCCCn2c(=S)[nH]c3ccccc3c2=O)s1. The molecule has 0 radical (unpaired) electrons. The molecule has 0 bridgehead atoms. The first kappa shape index (κ1) is 22.3. The summed E-state index contributed by atoms with van der Waals surface area (Å²) in [6.07, 6.45) is 4.80. The molecule has 1 aromatic carbocycles. The number of rotatable bonds is 10. The number of fused-ring (bicyclic) bond motifs is 1. The highest BCUT2D eigenvalue weighted by atomic mass is 32.1. The molecule has 0 fully saturated rings. The van der Waals surface area contributed by atoms with E-state index in [9.17, 15) is 9.59 Å². The van der Waals surface area contributed by atoms with Gasteiger partial charge in [-0.15, -0.1) is 10.2 Å². The van der Waals surface area contributed by atoms with Crippen molar-refractivity contribution in [2.24, 2.45) is 0 Å². The third kappa shape index (κ3) is 5.40. The van der Waals surface area contributed by atoms with Crippen molar-refractivity contribution < 1.29 is 4.79 Å². The molecule has 3 rings (SSSR count). The quantitative estimate of drug-likeness (QED) is 0.338. The van der Waals surface area contributed by atoms with Gasteiger partial charge in [0, 0.05) is 18.9 Å². The van der Waals surface area contributed by atoms with Gasteiger partial charge in [0.1, 0.15) is 5.01 Å². The van der Waals surface area contributed by atoms with E-state index >= 15 is 0 Å². The molecule has 0 aliphatic carbocycles. The first-order chi connectivity index (χ1) is 14.5. The third-order valence-corrected chi connectivity index (χ3v) is 6.52. The van der Waals surface area contributed by atoms with Crippen LogP contribution in [-0.2, 0) is 11.3 Å². The van der Waals surface area contributed by atoms with Crippen LogP contribution in [0, 0.1) is 4.77 Å². The summed E-state index contributed by atoms with van der Waals surface area (Å²) in [5.74, 6) is 0.348. The van der Waals surface area contributed by atoms with Gasteiger partial charge in [-0.05, 0) is 50.0 Å². The van der Waals surface area contributed by atoms with Gasteiger partial charge in [-0.25, -0.2) is 0 Å². The van der Waals surface area contributed by atoms with Crippen LogP contribution in [0.3, 0.4) is 0 Å². The summed E-state index contributed by atoms with van der Waals surface area (Å²) in [7, 11) is 0. The number of nitrogens with one attached hydrogen (secondary N) is 2. The zero-order valence-electron chi connectivity index (χ0n) is 17.3. The van der Waals surface area contributed by atoms with Crippen LogP contribution >= 0.6 is 23.6 Å². The molecular weight excluding hydrogens is 418 g/mol. The second-order valence-electron chi connectivity index (χ2n) is 7.25. The molecular formula is C21H27N5O2S2. The largest absolute Gasteiger partial charge is 0.332 e. The number of aromatic amines is 1. The number of aromatic nitrogens is 4. The average molecular weight is 446 g/mol. The van der Waals surface area contributed by atoms with Gasteiger partial charge >= 0.3 is 0 Å². The van der Waals surface area contributed by atoms with E-state index in [-0.39, 0.29) is 11.5 Å². The van der Waals surface area contributed by atoms with Gasteiger partial charge in [-0.2, -0.15) is 0 Å². The molecule has 160 valence electrons. The molecule has 0 atom stereocenters. The molecule has 9 heteroatoms. The van der Waals surface area contributed by atoms with E-state index in [0.29, 0.717) is 34.2 Å². The fraction of sp³-hybridized carbons (Fsp3) is 0.476. The van der Waals surface area contributed by atoms with Gasteiger partial charge in [-0.1, -0.05) is 43.7 Å². The van der Waals surface area contributed by atoms with E-state index in [1.54, 1.807) is 10.6 Å². The van der Waals surface area contributed by atoms with Crippen LogP contribution in [0.5, 0.6) is 0 Å². The van der Waals surface area contributed by atoms with E-state index in [4.69, 9.17) is 12.2 Å². The lowest BCUT2D eigenvalue weighted by atomic mass is 10.1. The topological polar surface area (TPSA) is 92.7 Å². The molecule has 0 saturated heterocycles. The van der Waals surface area contributed by atoms with Crippen molar-refractivity contribution in [2.45, 2.75) is 64.8 Å². The molecule has 2 heterocycles. The van der Waals surface area contributed by atoms with Crippen LogP contribution in [0.4, 0.5) is 5.13 Å². The Hall–Kier alpha value is -2.39. The minimum Gasteiger partial charge on any atom is -0.332 e. The Kier molecular flexibility index (Phi) is 7.87. The van der Waals surface area contributed by atoms with Gasteiger partial charge in [0.15, 0.2) is 4.77 Å². The fourth-order valence-corrected chi connectivity index (χ4v) is 4.71. The van der Waals surface area contributed by atoms with E-state index in [0.717, 1.165) is 42.6 Å². The van der Waals surface area contributed by atoms with Crippen LogP contribution in [0.25, 0.3) is 10.9 Å². The molecule has 0 unspecified atom stereocenters. The lowest BCUT2D eigenvalue weighted by Gasteiger charge is -2.08. The lowest BCUT2D eigenvalue weighted by Crippen LogP contribution is -2.22. The van der Waals surface area contributed by atoms with Crippen LogP contribution in [0.15, 0.2) is 29.1 Å². The predicted molar refractivity (Wildman–Crippen MR) is 124 cm³/mol. The van der Waals surface area contributed by atoms with Gasteiger partial charge in [-0.3, -0.25) is 14.2 Å². The number of anilines is 1. The first-order valence-electron chi connectivity index (χ1n) is 10.4. The Morgan fingerprint density at radius 3 is 2.73 bits per heavy atom. The number of para-hydroxylation sites is 1. The first-order valence-corrected chi connectivity index (χ1v) is 11.6. The van der Waals surface area contributed by atoms with Gasteiger partial charge in [0.25, 0.3) is 5.56 Å². The van der Waals surface area contributed by atoms with E-state index in [1.807, 2.05) is 18.2 Å². The molecule has 1 amide bonds. The zero-order valence-corrected chi connectivity index (χ0v) is 18.9. The summed E-state index contributed by atoms with van der Waals surface area (Å²) < 4.78 is 2.03. The summed E-state index contributed by atoms with van der Waals surface area (Å²) in [5.41, 5.74) is 0.682. The van der Waals surface area contributed by atoms with E-state index < -0.39 is 0 Å². The molecule has 2 N–H and O–H groups in total. The highest BCUT2D eigenvalue weighted by Gasteiger charge is 2.14. The molecule has 3 aromatic rings. The smallest absolute Gasteiger partial charge is 0.262 e. The number of hydrogen-bond donors (Lipinski definition) is 2. The van der Waals surface area contributed by atoms with Crippen molar-refractivity contribution in [1.82, 2.24) is 19.7 Å². The fourth-order valence-electron chi connectivity index (χ4n) is 3.40. The molecule has 30 heavy (non-hydrogen) atoms. The summed E-state index contributed by atoms with van der Waals surface area (Å²) >= 11 is 6.78. The number of H-pyrrole nitrogens is 1. The van der Waals surface area contributed by atoms with Crippen LogP contribution in [0.1, 0.15) is 63.3 Å². The average Bonchev–Trinajstić information content (AvgIpc) is 3.19. The normalized spacial score (nSPS) is 11.3. The monoisotopic (exact) mass is 445 g/mol. The summed E-state index contributed by atoms with van der Waals surface area (Å²) in [6, 6.07) is 7.36. The van der Waals surface area contributed by atoms with Crippen molar-refractivity contribution in [3.05, 3.63) is 44.4 Å². The Morgan fingerprint density at radius 2 is 1.97 bits per heavy atom. The number of benzene rings is 1. The van der Waals surface area contributed by atoms with Gasteiger partial charge < -0.3 is 10.3 Å². The molecule has 0 aliphatic heterocycles. The second kappa shape index (κ2) is 10.6. The zero-order chi connectivity index (χ0) is 21.5. The Balaban J connectivity index is 1.46. The minimum absolute atomic E-state index is 0.0533. The van der Waals surface area contributed by atoms with Crippen molar-refractivity contribution in [1.29, 1.82) is 0 Å². The van der Waals surface area contributed by atoms with E-state index in [2.05, 4.69) is 34.3 Å². The molecule has 2 aromatic heterocycles. The standard InChI is InChI=1S/C21H27N5O2S2/c1-3-14(4-2)18-24-25-20(30-18)23-17(27)12-6-5-9-13-26-19(28)15-10-7-8-11-16(15)22-21(26)29/h7-8,10-11,14H,3-6,9,12-13H2,1-2H3,(H,22,29)(H,23,25,27). The van der Waals surface area contributed by atoms with Crippen molar-refractivity contribution in [3.63, 3.8) is 0 Å². The number of hydrogen-bond acceptors (Lipinski definition) is 6. The minimum atomic E-state index is -0.0726. The van der Waals surface area contributed by atoms with Crippen molar-refractivity contribution in [3.8, 4) is 0 Å². The molecule has 0 spiro atoms. The number of nitrogens with zero attached hydrogens (tertiary/aromatic N) is 3. The Morgan fingerprint density at radius 1 is 1.20 bits per heavy atom. The Labute approximate surface area is 184 Å². The summed E-state index contributed by atoms with van der Waals surface area (Å²) in [6.45, 7) is 4.80. The number of amides is 1. The van der Waals surface area contributed by atoms with Crippen LogP contribution in [0.2, 0.25) is 0 Å². The molecule has 7 nitrogen and oxygen atoms in total. The lowest BCUT2D eigenvalue weighted by molar-refractivity contribution is -0.116. The maximum Gasteiger partial charge on any atom is 0.262 e. The third-order valence-electron chi connectivity index (χ3n) is 5.20. The maximum atomic E-state index is 12.6. The number of carbonyl (C=O) groups excluding carboxylic acids is 1. The van der Waals surface area contributed by atoms with Crippen LogP contribution in [-0.4, -0.2) is 25.7 Å². The van der Waals surface area contributed by atoms with Gasteiger partial charge in [0.2, 0.25) is 11.0 Å². The number of carbonyl (C=O) groups is 1. The van der Waals surface area contributed by atoms with Crippen LogP contribution < -0.4 is 10.9 Å². The Bertz CT molecular complexity index is 1110. The molecule has 0 saturated carbocycles. The highest BCUT2D eigenvalue weighted by Crippen LogP contribution is 2.28. The van der Waals surface area contributed by atoms with Crippen molar-refractivity contribution in [2.75, 3.05) is 5.32 Å². The number of unbranched alkanes of at least 4 members (excludes halogenated alkanes) is 2. The molecule has 0 aliphatic rings. The second-order valence-corrected chi connectivity index (χ2v) is 8.65. The van der Waals surface area contributed by atoms with E-state index in [1.165, 1.54) is 11.3 Å².